The van der Waals surface area contributed by atoms with E-state index in [1.807, 2.05) is 6.92 Å². The van der Waals surface area contributed by atoms with Gasteiger partial charge in [-0.1, -0.05) is 0 Å². The highest BCUT2D eigenvalue weighted by Gasteiger charge is 2.30. The summed E-state index contributed by atoms with van der Waals surface area (Å²) in [5, 5.41) is 0.0562. The maximum Gasteiger partial charge on any atom is 0.159 e. The summed E-state index contributed by atoms with van der Waals surface area (Å²) < 4.78 is 23.2. The second-order valence-electron chi connectivity index (χ2n) is 5.01. The third kappa shape index (κ3) is 3.27. The van der Waals surface area contributed by atoms with Gasteiger partial charge in [0, 0.05) is 28.5 Å². The van der Waals surface area contributed by atoms with E-state index in [0.717, 1.165) is 12.0 Å². The molecule has 1 aliphatic heterocycles. The number of methoxy groups -OCH3 is 1. The number of hydrogen-bond donors (Lipinski definition) is 0. The van der Waals surface area contributed by atoms with E-state index in [-0.39, 0.29) is 17.1 Å². The van der Waals surface area contributed by atoms with E-state index < -0.39 is 10.8 Å². The third-order valence-electron chi connectivity index (χ3n) is 3.63. The quantitative estimate of drug-likeness (QED) is 0.783. The van der Waals surface area contributed by atoms with Gasteiger partial charge in [-0.2, -0.15) is 0 Å². The zero-order valence-corrected chi connectivity index (χ0v) is 12.9. The van der Waals surface area contributed by atoms with Crippen LogP contribution in [-0.4, -0.2) is 35.1 Å². The first-order valence-corrected chi connectivity index (χ1v) is 8.07. The second kappa shape index (κ2) is 6.50. The standard InChI is InChI=1S/C15H20O4S/c1-10(16)12-4-5-14(18-3)13(8-12)9-20(17)15-6-7-19-11(15)2/h4-5,8,11,15H,6-7,9H2,1-3H3. The largest absolute Gasteiger partial charge is 0.496 e. The van der Waals surface area contributed by atoms with Crippen LogP contribution in [0.4, 0.5) is 0 Å². The van der Waals surface area contributed by atoms with Crippen molar-refractivity contribution in [3.05, 3.63) is 29.3 Å². The molecular weight excluding hydrogens is 276 g/mol. The minimum atomic E-state index is -1.03. The number of ketones is 1. The Hall–Kier alpha value is -1.20. The first-order chi connectivity index (χ1) is 9.52. The lowest BCUT2D eigenvalue weighted by molar-refractivity contribution is 0.101. The monoisotopic (exact) mass is 296 g/mol. The molecule has 1 fully saturated rings. The summed E-state index contributed by atoms with van der Waals surface area (Å²) in [5.74, 6) is 1.06. The minimum absolute atomic E-state index is 0.00254. The van der Waals surface area contributed by atoms with Gasteiger partial charge in [-0.3, -0.25) is 9.00 Å². The van der Waals surface area contributed by atoms with Crippen molar-refractivity contribution < 1.29 is 18.5 Å². The molecule has 0 N–H and O–H groups in total. The molecule has 5 heteroatoms. The average molecular weight is 296 g/mol. The summed E-state index contributed by atoms with van der Waals surface area (Å²) in [6, 6.07) is 5.27. The van der Waals surface area contributed by atoms with Gasteiger partial charge in [-0.25, -0.2) is 0 Å². The highest BCUT2D eigenvalue weighted by Crippen LogP contribution is 2.26. The second-order valence-corrected chi connectivity index (χ2v) is 6.67. The van der Waals surface area contributed by atoms with E-state index in [2.05, 4.69) is 0 Å². The summed E-state index contributed by atoms with van der Waals surface area (Å²) in [6.45, 7) is 4.15. The fraction of sp³-hybridized carbons (Fsp3) is 0.533. The Morgan fingerprint density at radius 2 is 2.25 bits per heavy atom. The van der Waals surface area contributed by atoms with E-state index >= 15 is 0 Å². The van der Waals surface area contributed by atoms with Gasteiger partial charge < -0.3 is 9.47 Å². The Bertz CT molecular complexity index is 527. The number of carbonyl (C=O) groups excluding carboxylic acids is 1. The fourth-order valence-corrected chi connectivity index (χ4v) is 4.04. The SMILES string of the molecule is COc1ccc(C(C)=O)cc1CS(=O)C1CCOC1C. The van der Waals surface area contributed by atoms with Crippen molar-refractivity contribution in [3.8, 4) is 5.75 Å². The Morgan fingerprint density at radius 3 is 2.80 bits per heavy atom. The van der Waals surface area contributed by atoms with Crippen molar-refractivity contribution in [2.75, 3.05) is 13.7 Å². The van der Waals surface area contributed by atoms with E-state index in [4.69, 9.17) is 9.47 Å². The van der Waals surface area contributed by atoms with Gasteiger partial charge in [-0.15, -0.1) is 0 Å². The molecule has 0 radical (unpaired) electrons. The zero-order valence-electron chi connectivity index (χ0n) is 12.0. The van der Waals surface area contributed by atoms with Crippen LogP contribution in [0.1, 0.15) is 36.2 Å². The van der Waals surface area contributed by atoms with Gasteiger partial charge in [0.25, 0.3) is 0 Å². The molecule has 0 bridgehead atoms. The highest BCUT2D eigenvalue weighted by atomic mass is 32.2. The predicted octanol–water partition coefficient (Wildman–Crippen LogP) is 2.32. The van der Waals surface area contributed by atoms with Crippen molar-refractivity contribution in [1.82, 2.24) is 0 Å². The van der Waals surface area contributed by atoms with Crippen molar-refractivity contribution >= 4 is 16.6 Å². The maximum atomic E-state index is 12.5. The molecule has 0 amide bonds. The lowest BCUT2D eigenvalue weighted by Crippen LogP contribution is -2.24. The van der Waals surface area contributed by atoms with Gasteiger partial charge in [0.15, 0.2) is 5.78 Å². The molecule has 0 aliphatic carbocycles. The molecule has 3 unspecified atom stereocenters. The molecule has 1 aliphatic rings. The normalized spacial score (nSPS) is 23.6. The molecule has 0 saturated carbocycles. The average Bonchev–Trinajstić information content (AvgIpc) is 2.84. The first-order valence-electron chi connectivity index (χ1n) is 6.69. The Morgan fingerprint density at radius 1 is 1.50 bits per heavy atom. The van der Waals surface area contributed by atoms with E-state index in [1.54, 1.807) is 25.3 Å². The molecule has 1 heterocycles. The van der Waals surface area contributed by atoms with Gasteiger partial charge in [0.1, 0.15) is 5.75 Å². The van der Waals surface area contributed by atoms with E-state index in [0.29, 0.717) is 23.7 Å². The van der Waals surface area contributed by atoms with Gasteiger partial charge >= 0.3 is 0 Å². The van der Waals surface area contributed by atoms with Crippen molar-refractivity contribution in [3.63, 3.8) is 0 Å². The predicted molar refractivity (Wildman–Crippen MR) is 78.7 cm³/mol. The van der Waals surface area contributed by atoms with Gasteiger partial charge in [0.2, 0.25) is 0 Å². The number of Topliss-reactive ketones (excluding diaryl/α,β-unsaturated/α-hetero) is 1. The van der Waals surface area contributed by atoms with Crippen LogP contribution >= 0.6 is 0 Å². The van der Waals surface area contributed by atoms with Crippen LogP contribution in [0.2, 0.25) is 0 Å². The van der Waals surface area contributed by atoms with E-state index in [1.165, 1.54) is 6.92 Å². The van der Waals surface area contributed by atoms with Crippen LogP contribution in [0.25, 0.3) is 0 Å². The minimum Gasteiger partial charge on any atom is -0.496 e. The first kappa shape index (κ1) is 15.2. The summed E-state index contributed by atoms with van der Waals surface area (Å²) in [4.78, 5) is 11.5. The Labute approximate surface area is 121 Å². The van der Waals surface area contributed by atoms with Crippen LogP contribution < -0.4 is 4.74 Å². The lowest BCUT2D eigenvalue weighted by Gasteiger charge is -2.15. The molecular formula is C15H20O4S. The molecule has 1 aromatic rings. The fourth-order valence-electron chi connectivity index (χ4n) is 2.43. The smallest absolute Gasteiger partial charge is 0.159 e. The Kier molecular flexibility index (Phi) is 4.94. The topological polar surface area (TPSA) is 52.6 Å². The number of ether oxygens (including phenoxy) is 2. The third-order valence-corrected chi connectivity index (χ3v) is 5.52. The van der Waals surface area contributed by atoms with Crippen LogP contribution in [0.15, 0.2) is 18.2 Å². The number of benzene rings is 1. The van der Waals surface area contributed by atoms with Crippen molar-refractivity contribution in [1.29, 1.82) is 0 Å². The zero-order chi connectivity index (χ0) is 14.7. The molecule has 20 heavy (non-hydrogen) atoms. The molecule has 0 spiro atoms. The lowest BCUT2D eigenvalue weighted by atomic mass is 10.1. The van der Waals surface area contributed by atoms with E-state index in [9.17, 15) is 9.00 Å². The number of rotatable bonds is 5. The van der Waals surface area contributed by atoms with Crippen LogP contribution in [0, 0.1) is 0 Å². The summed E-state index contributed by atoms with van der Waals surface area (Å²) in [7, 11) is 0.554. The molecule has 4 nitrogen and oxygen atoms in total. The maximum absolute atomic E-state index is 12.5. The molecule has 2 rings (SSSR count). The van der Waals surface area contributed by atoms with Gasteiger partial charge in [0.05, 0.1) is 24.2 Å². The van der Waals surface area contributed by atoms with Gasteiger partial charge in [-0.05, 0) is 38.5 Å². The molecule has 1 saturated heterocycles. The van der Waals surface area contributed by atoms with Crippen molar-refractivity contribution in [2.45, 2.75) is 37.4 Å². The van der Waals surface area contributed by atoms with Crippen LogP contribution in [0.3, 0.4) is 0 Å². The molecule has 1 aromatic carbocycles. The summed E-state index contributed by atoms with van der Waals surface area (Å²) >= 11 is 0. The molecule has 3 atom stereocenters. The van der Waals surface area contributed by atoms with Crippen LogP contribution in [-0.2, 0) is 21.3 Å². The number of carbonyl (C=O) groups is 1. The highest BCUT2D eigenvalue weighted by molar-refractivity contribution is 7.84. The molecule has 0 aromatic heterocycles. The number of hydrogen-bond acceptors (Lipinski definition) is 4. The van der Waals surface area contributed by atoms with Crippen LogP contribution in [0.5, 0.6) is 5.75 Å². The summed E-state index contributed by atoms with van der Waals surface area (Å²) in [6.07, 6.45) is 0.848. The van der Waals surface area contributed by atoms with Crippen molar-refractivity contribution in [2.24, 2.45) is 0 Å². The summed E-state index contributed by atoms with van der Waals surface area (Å²) in [5.41, 5.74) is 1.44. The molecule has 110 valence electrons. The Balaban J connectivity index is 2.20.